The molecule has 0 saturated carbocycles. The minimum absolute atomic E-state index is 0.0924. The summed E-state index contributed by atoms with van der Waals surface area (Å²) in [6, 6.07) is 17.9. The fraction of sp³-hybridized carbons (Fsp3) is 0.136. The highest BCUT2D eigenvalue weighted by molar-refractivity contribution is 7.92. The third kappa shape index (κ3) is 5.14. The molecule has 3 aromatic rings. The van der Waals surface area contributed by atoms with Gasteiger partial charge in [-0.2, -0.15) is 0 Å². The number of carbonyl (C=O) groups excluding carboxylic acids is 1. The van der Waals surface area contributed by atoms with Gasteiger partial charge in [0, 0.05) is 15.7 Å². The summed E-state index contributed by atoms with van der Waals surface area (Å²) in [6.07, 6.45) is 0. The van der Waals surface area contributed by atoms with Gasteiger partial charge in [-0.05, 0) is 67.9 Å². The number of hydrogen-bond donors (Lipinski definition) is 1. The lowest BCUT2D eigenvalue weighted by Crippen LogP contribution is -2.38. The van der Waals surface area contributed by atoms with Crippen LogP contribution in [0, 0.1) is 13.8 Å². The number of anilines is 2. The third-order valence-electron chi connectivity index (χ3n) is 4.48. The molecule has 0 aliphatic rings. The van der Waals surface area contributed by atoms with Gasteiger partial charge in [-0.1, -0.05) is 47.0 Å². The number of rotatable bonds is 6. The predicted molar refractivity (Wildman–Crippen MR) is 122 cm³/mol. The van der Waals surface area contributed by atoms with E-state index >= 15 is 0 Å². The van der Waals surface area contributed by atoms with Crippen LogP contribution in [0.1, 0.15) is 11.1 Å². The van der Waals surface area contributed by atoms with Gasteiger partial charge in [0.2, 0.25) is 5.91 Å². The molecule has 0 spiro atoms. The number of carbonyl (C=O) groups is 1. The highest BCUT2D eigenvalue weighted by Gasteiger charge is 2.27. The Hall–Kier alpha value is -2.54. The standard InChI is InChI=1S/C22H20Cl2N2O3S/c1-15-3-11-20(12-4-15)30(28,29)26(19-9-7-17(23)8-10-19)14-22(27)25-21-13-18(24)6-5-16(21)2/h3-13H,14H2,1-2H3,(H,25,27). The van der Waals surface area contributed by atoms with Crippen molar-refractivity contribution in [1.29, 1.82) is 0 Å². The first-order valence-corrected chi connectivity index (χ1v) is 11.3. The number of benzene rings is 3. The summed E-state index contributed by atoms with van der Waals surface area (Å²) in [5.41, 5.74) is 2.60. The van der Waals surface area contributed by atoms with Crippen LogP contribution in [0.15, 0.2) is 71.6 Å². The number of halogens is 2. The lowest BCUT2D eigenvalue weighted by molar-refractivity contribution is -0.114. The Balaban J connectivity index is 1.95. The van der Waals surface area contributed by atoms with Crippen molar-refractivity contribution in [3.63, 3.8) is 0 Å². The molecule has 0 heterocycles. The second-order valence-corrected chi connectivity index (χ2v) is 9.54. The maximum atomic E-state index is 13.3. The molecule has 156 valence electrons. The van der Waals surface area contributed by atoms with Gasteiger partial charge >= 0.3 is 0 Å². The summed E-state index contributed by atoms with van der Waals surface area (Å²) in [4.78, 5) is 12.9. The van der Waals surface area contributed by atoms with Gasteiger partial charge in [-0.25, -0.2) is 8.42 Å². The van der Waals surface area contributed by atoms with Crippen molar-refractivity contribution in [2.75, 3.05) is 16.2 Å². The summed E-state index contributed by atoms with van der Waals surface area (Å²) in [5, 5.41) is 3.67. The molecule has 0 atom stereocenters. The normalized spacial score (nSPS) is 11.2. The van der Waals surface area contributed by atoms with E-state index in [1.54, 1.807) is 54.6 Å². The summed E-state index contributed by atoms with van der Waals surface area (Å²) >= 11 is 12.0. The van der Waals surface area contributed by atoms with Gasteiger partial charge in [0.1, 0.15) is 6.54 Å². The molecule has 5 nitrogen and oxygen atoms in total. The van der Waals surface area contributed by atoms with Crippen molar-refractivity contribution in [2.45, 2.75) is 18.7 Å². The van der Waals surface area contributed by atoms with Crippen LogP contribution in [0.3, 0.4) is 0 Å². The second kappa shape index (κ2) is 9.08. The van der Waals surface area contributed by atoms with Gasteiger partial charge in [0.15, 0.2) is 0 Å². The molecule has 3 aromatic carbocycles. The third-order valence-corrected chi connectivity index (χ3v) is 6.76. The van der Waals surface area contributed by atoms with Crippen LogP contribution in [0.5, 0.6) is 0 Å². The number of sulfonamides is 1. The molecule has 1 N–H and O–H groups in total. The molecule has 0 fully saturated rings. The molecule has 8 heteroatoms. The van der Waals surface area contributed by atoms with Crippen molar-refractivity contribution in [3.8, 4) is 0 Å². The molecule has 0 radical (unpaired) electrons. The molecule has 0 unspecified atom stereocenters. The first kappa shape index (κ1) is 22.2. The quantitative estimate of drug-likeness (QED) is 0.529. The molecular weight excluding hydrogens is 443 g/mol. The summed E-state index contributed by atoms with van der Waals surface area (Å²) in [6.45, 7) is 3.28. The van der Waals surface area contributed by atoms with Gasteiger partial charge < -0.3 is 5.32 Å². The average molecular weight is 463 g/mol. The molecule has 0 aliphatic heterocycles. The van der Waals surface area contributed by atoms with E-state index in [1.165, 1.54) is 12.1 Å². The van der Waals surface area contributed by atoms with Crippen LogP contribution in [0.2, 0.25) is 10.0 Å². The van der Waals surface area contributed by atoms with Crippen LogP contribution in [0.25, 0.3) is 0 Å². The summed E-state index contributed by atoms with van der Waals surface area (Å²) in [7, 11) is -3.99. The van der Waals surface area contributed by atoms with E-state index in [0.29, 0.717) is 21.4 Å². The van der Waals surface area contributed by atoms with Crippen LogP contribution in [-0.4, -0.2) is 20.9 Å². The first-order chi connectivity index (χ1) is 14.2. The van der Waals surface area contributed by atoms with E-state index in [0.717, 1.165) is 15.4 Å². The van der Waals surface area contributed by atoms with E-state index < -0.39 is 22.5 Å². The summed E-state index contributed by atoms with van der Waals surface area (Å²) < 4.78 is 27.7. The molecule has 1 amide bonds. The van der Waals surface area contributed by atoms with Crippen LogP contribution < -0.4 is 9.62 Å². The van der Waals surface area contributed by atoms with E-state index in [-0.39, 0.29) is 4.90 Å². The van der Waals surface area contributed by atoms with Gasteiger partial charge in [-0.15, -0.1) is 0 Å². The number of nitrogens with zero attached hydrogens (tertiary/aromatic N) is 1. The van der Waals surface area contributed by atoms with Crippen molar-refractivity contribution >= 4 is 50.5 Å². The van der Waals surface area contributed by atoms with Gasteiger partial charge in [0.25, 0.3) is 10.0 Å². The zero-order chi connectivity index (χ0) is 21.9. The molecule has 0 bridgehead atoms. The van der Waals surface area contributed by atoms with Gasteiger partial charge in [-0.3, -0.25) is 9.10 Å². The number of nitrogens with one attached hydrogen (secondary N) is 1. The van der Waals surface area contributed by atoms with Crippen molar-refractivity contribution in [1.82, 2.24) is 0 Å². The Bertz CT molecular complexity index is 1160. The smallest absolute Gasteiger partial charge is 0.264 e. The zero-order valence-electron chi connectivity index (χ0n) is 16.4. The summed E-state index contributed by atoms with van der Waals surface area (Å²) in [5.74, 6) is -0.494. The van der Waals surface area contributed by atoms with E-state index in [1.807, 2.05) is 13.8 Å². The maximum absolute atomic E-state index is 13.3. The molecule has 3 rings (SSSR count). The second-order valence-electron chi connectivity index (χ2n) is 6.81. The Morgan fingerprint density at radius 1 is 0.900 bits per heavy atom. The first-order valence-electron chi connectivity index (χ1n) is 9.08. The molecule has 0 aliphatic carbocycles. The number of hydrogen-bond acceptors (Lipinski definition) is 3. The lowest BCUT2D eigenvalue weighted by atomic mass is 10.2. The average Bonchev–Trinajstić information content (AvgIpc) is 2.70. The lowest BCUT2D eigenvalue weighted by Gasteiger charge is -2.24. The minimum atomic E-state index is -3.99. The van der Waals surface area contributed by atoms with Crippen LogP contribution in [0.4, 0.5) is 11.4 Å². The van der Waals surface area contributed by atoms with Crippen molar-refractivity contribution in [3.05, 3.63) is 87.9 Å². The van der Waals surface area contributed by atoms with Crippen LogP contribution >= 0.6 is 23.2 Å². The molecule has 0 saturated heterocycles. The fourth-order valence-electron chi connectivity index (χ4n) is 2.81. The fourth-order valence-corrected chi connectivity index (χ4v) is 4.53. The monoisotopic (exact) mass is 462 g/mol. The number of amides is 1. The van der Waals surface area contributed by atoms with E-state index in [4.69, 9.17) is 23.2 Å². The van der Waals surface area contributed by atoms with Crippen molar-refractivity contribution < 1.29 is 13.2 Å². The Kier molecular flexibility index (Phi) is 6.71. The topological polar surface area (TPSA) is 66.5 Å². The molecule has 0 aromatic heterocycles. The maximum Gasteiger partial charge on any atom is 0.264 e. The van der Waals surface area contributed by atoms with Gasteiger partial charge in [0.05, 0.1) is 10.6 Å². The SMILES string of the molecule is Cc1ccc(S(=O)(=O)N(CC(=O)Nc2cc(Cl)ccc2C)c2ccc(Cl)cc2)cc1. The minimum Gasteiger partial charge on any atom is -0.324 e. The van der Waals surface area contributed by atoms with Crippen LogP contribution in [-0.2, 0) is 14.8 Å². The van der Waals surface area contributed by atoms with E-state index in [9.17, 15) is 13.2 Å². The predicted octanol–water partition coefficient (Wildman–Crippen LogP) is 5.44. The Labute approximate surface area is 186 Å². The highest BCUT2D eigenvalue weighted by atomic mass is 35.5. The molecular formula is C22H20Cl2N2O3S. The number of aryl methyl sites for hydroxylation is 2. The van der Waals surface area contributed by atoms with E-state index in [2.05, 4.69) is 5.32 Å². The Morgan fingerprint density at radius 3 is 2.13 bits per heavy atom. The largest absolute Gasteiger partial charge is 0.324 e. The highest BCUT2D eigenvalue weighted by Crippen LogP contribution is 2.26. The molecule has 30 heavy (non-hydrogen) atoms. The Morgan fingerprint density at radius 2 is 1.50 bits per heavy atom. The van der Waals surface area contributed by atoms with Crippen molar-refractivity contribution in [2.24, 2.45) is 0 Å². The zero-order valence-corrected chi connectivity index (χ0v) is 18.7.